The van der Waals surface area contributed by atoms with Crippen molar-refractivity contribution < 1.29 is 9.18 Å². The van der Waals surface area contributed by atoms with Crippen LogP contribution in [0.25, 0.3) is 11.0 Å². The van der Waals surface area contributed by atoms with Gasteiger partial charge < -0.3 is 0 Å². The molecule has 2 aromatic heterocycles. The Bertz CT molecular complexity index is 915. The zero-order valence-electron chi connectivity index (χ0n) is 11.2. The van der Waals surface area contributed by atoms with Gasteiger partial charge in [-0.15, -0.1) is 0 Å². The summed E-state index contributed by atoms with van der Waals surface area (Å²) >= 11 is 6.39. The number of rotatable bonds is 1. The van der Waals surface area contributed by atoms with Crippen molar-refractivity contribution in [2.75, 3.05) is 4.90 Å². The van der Waals surface area contributed by atoms with Crippen LogP contribution < -0.4 is 4.90 Å². The van der Waals surface area contributed by atoms with Crippen molar-refractivity contribution in [1.29, 1.82) is 0 Å². The number of anilines is 1. The molecule has 0 bridgehead atoms. The monoisotopic (exact) mass is 313 g/mol. The lowest BCUT2D eigenvalue weighted by Crippen LogP contribution is -2.26. The van der Waals surface area contributed by atoms with Gasteiger partial charge in [0.1, 0.15) is 11.3 Å². The molecule has 3 aromatic rings. The molecule has 1 amide bonds. The van der Waals surface area contributed by atoms with Crippen LogP contribution >= 0.6 is 11.6 Å². The molecule has 0 fully saturated rings. The highest BCUT2D eigenvalue weighted by molar-refractivity contribution is 6.29. The van der Waals surface area contributed by atoms with Crippen molar-refractivity contribution in [3.05, 3.63) is 65.6 Å². The van der Waals surface area contributed by atoms with Gasteiger partial charge in [0, 0.05) is 16.5 Å². The van der Waals surface area contributed by atoms with Crippen molar-refractivity contribution in [2.24, 2.45) is 0 Å². The molecule has 1 aromatic carbocycles. The highest BCUT2D eigenvalue weighted by Crippen LogP contribution is 2.39. The third-order valence-electron chi connectivity index (χ3n) is 3.64. The summed E-state index contributed by atoms with van der Waals surface area (Å²) in [6, 6.07) is 13.4. The number of pyridine rings is 2. The molecule has 0 N–H and O–H groups in total. The summed E-state index contributed by atoms with van der Waals surface area (Å²) in [5.41, 5.74) is 0.896. The first-order valence-electron chi connectivity index (χ1n) is 6.65. The van der Waals surface area contributed by atoms with E-state index in [9.17, 15) is 9.18 Å². The maximum Gasteiger partial charge on any atom is 0.261 e. The van der Waals surface area contributed by atoms with Crippen LogP contribution in [0, 0.1) is 5.95 Å². The van der Waals surface area contributed by atoms with Gasteiger partial charge in [-0.2, -0.15) is 9.37 Å². The standard InChI is InChI=1S/C16H9ClFN3O/c17-14-10-3-1-2-4-11(10)16(22)21(14)13-8-6-9-5-7-12(18)19-15(9)20-13/h1-8,14H. The summed E-state index contributed by atoms with van der Waals surface area (Å²) in [4.78, 5) is 21.9. The molecule has 1 atom stereocenters. The van der Waals surface area contributed by atoms with Crippen LogP contribution in [-0.2, 0) is 0 Å². The molecule has 108 valence electrons. The van der Waals surface area contributed by atoms with Gasteiger partial charge in [0.15, 0.2) is 5.65 Å². The SMILES string of the molecule is O=C1c2ccccc2C(Cl)N1c1ccc2ccc(F)nc2n1. The van der Waals surface area contributed by atoms with Crippen molar-refractivity contribution in [1.82, 2.24) is 9.97 Å². The van der Waals surface area contributed by atoms with Gasteiger partial charge in [-0.05, 0) is 30.3 Å². The molecule has 1 aliphatic rings. The maximum atomic E-state index is 13.3. The first-order chi connectivity index (χ1) is 10.6. The van der Waals surface area contributed by atoms with Crippen molar-refractivity contribution in [3.63, 3.8) is 0 Å². The zero-order chi connectivity index (χ0) is 15.3. The molecule has 0 saturated carbocycles. The molecular weight excluding hydrogens is 305 g/mol. The Morgan fingerprint density at radius 2 is 1.82 bits per heavy atom. The summed E-state index contributed by atoms with van der Waals surface area (Å²) < 4.78 is 13.3. The Labute approximate surface area is 130 Å². The number of carbonyl (C=O) groups is 1. The number of hydrogen-bond donors (Lipinski definition) is 0. The Hall–Kier alpha value is -2.53. The van der Waals surface area contributed by atoms with Crippen LogP contribution in [0.3, 0.4) is 0 Å². The summed E-state index contributed by atoms with van der Waals surface area (Å²) in [6.45, 7) is 0. The van der Waals surface area contributed by atoms with E-state index in [4.69, 9.17) is 11.6 Å². The number of hydrogen-bond acceptors (Lipinski definition) is 3. The number of nitrogens with zero attached hydrogens (tertiary/aromatic N) is 3. The molecule has 22 heavy (non-hydrogen) atoms. The quantitative estimate of drug-likeness (QED) is 0.391. The fraction of sp³-hybridized carbons (Fsp3) is 0.0625. The molecule has 1 unspecified atom stereocenters. The van der Waals surface area contributed by atoms with Crippen LogP contribution in [0.5, 0.6) is 0 Å². The van der Waals surface area contributed by atoms with E-state index in [0.29, 0.717) is 16.8 Å². The normalized spacial score (nSPS) is 17.1. The van der Waals surface area contributed by atoms with Crippen molar-refractivity contribution in [2.45, 2.75) is 5.50 Å². The van der Waals surface area contributed by atoms with Gasteiger partial charge in [0.05, 0.1) is 0 Å². The average molecular weight is 314 g/mol. The van der Waals surface area contributed by atoms with E-state index < -0.39 is 11.4 Å². The first kappa shape index (κ1) is 13.2. The second-order valence-electron chi connectivity index (χ2n) is 4.95. The molecule has 4 nitrogen and oxygen atoms in total. The Morgan fingerprint density at radius 3 is 2.64 bits per heavy atom. The molecule has 0 spiro atoms. The third-order valence-corrected chi connectivity index (χ3v) is 4.07. The molecule has 0 saturated heterocycles. The molecule has 0 radical (unpaired) electrons. The minimum absolute atomic E-state index is 0.223. The Morgan fingerprint density at radius 1 is 1.05 bits per heavy atom. The molecular formula is C16H9ClFN3O. The summed E-state index contributed by atoms with van der Waals surface area (Å²) in [7, 11) is 0. The van der Waals surface area contributed by atoms with Crippen LogP contribution in [-0.4, -0.2) is 15.9 Å². The highest BCUT2D eigenvalue weighted by atomic mass is 35.5. The lowest BCUT2D eigenvalue weighted by atomic mass is 10.1. The predicted octanol–water partition coefficient (Wildman–Crippen LogP) is 3.67. The fourth-order valence-electron chi connectivity index (χ4n) is 2.59. The lowest BCUT2D eigenvalue weighted by Gasteiger charge is -2.19. The van der Waals surface area contributed by atoms with Gasteiger partial charge in [-0.1, -0.05) is 29.8 Å². The van der Waals surface area contributed by atoms with Gasteiger partial charge in [0.25, 0.3) is 5.91 Å². The Kier molecular flexibility index (Phi) is 2.84. The van der Waals surface area contributed by atoms with Gasteiger partial charge in [-0.3, -0.25) is 9.69 Å². The van der Waals surface area contributed by atoms with E-state index in [1.165, 1.54) is 11.0 Å². The molecule has 1 aliphatic heterocycles. The summed E-state index contributed by atoms with van der Waals surface area (Å²) in [5.74, 6) is -0.485. The van der Waals surface area contributed by atoms with Crippen LogP contribution in [0.15, 0.2) is 48.5 Å². The van der Waals surface area contributed by atoms with Crippen LogP contribution in [0.2, 0.25) is 0 Å². The second kappa shape index (κ2) is 4.74. The van der Waals surface area contributed by atoms with Gasteiger partial charge >= 0.3 is 0 Å². The fourth-order valence-corrected chi connectivity index (χ4v) is 2.97. The minimum atomic E-state index is -0.637. The number of fused-ring (bicyclic) bond motifs is 2. The predicted molar refractivity (Wildman–Crippen MR) is 81.3 cm³/mol. The van der Waals surface area contributed by atoms with E-state index >= 15 is 0 Å². The van der Waals surface area contributed by atoms with E-state index in [0.717, 1.165) is 5.56 Å². The van der Waals surface area contributed by atoms with Gasteiger partial charge in [-0.25, -0.2) is 4.98 Å². The minimum Gasteiger partial charge on any atom is -0.271 e. The number of alkyl halides is 1. The molecule has 4 rings (SSSR count). The number of benzene rings is 1. The topological polar surface area (TPSA) is 46.1 Å². The van der Waals surface area contributed by atoms with Crippen LogP contribution in [0.1, 0.15) is 21.4 Å². The number of halogens is 2. The maximum absolute atomic E-state index is 13.3. The summed E-state index contributed by atoms with van der Waals surface area (Å²) in [6.07, 6.45) is 0. The van der Waals surface area contributed by atoms with E-state index in [-0.39, 0.29) is 11.6 Å². The smallest absolute Gasteiger partial charge is 0.261 e. The summed E-state index contributed by atoms with van der Waals surface area (Å²) in [5, 5.41) is 0.695. The Balaban J connectivity index is 1.84. The van der Waals surface area contributed by atoms with E-state index in [1.807, 2.05) is 12.1 Å². The largest absolute Gasteiger partial charge is 0.271 e. The van der Waals surface area contributed by atoms with E-state index in [2.05, 4.69) is 9.97 Å². The number of amides is 1. The number of aromatic nitrogens is 2. The van der Waals surface area contributed by atoms with Gasteiger partial charge in [0.2, 0.25) is 5.95 Å². The second-order valence-corrected chi connectivity index (χ2v) is 5.36. The third kappa shape index (κ3) is 1.86. The zero-order valence-corrected chi connectivity index (χ0v) is 12.0. The molecule has 0 aliphatic carbocycles. The lowest BCUT2D eigenvalue weighted by molar-refractivity contribution is 0.0995. The average Bonchev–Trinajstić information content (AvgIpc) is 2.79. The van der Waals surface area contributed by atoms with Crippen molar-refractivity contribution in [3.8, 4) is 0 Å². The number of carbonyl (C=O) groups excluding carboxylic acids is 1. The van der Waals surface area contributed by atoms with E-state index in [1.54, 1.807) is 30.3 Å². The molecule has 3 heterocycles. The van der Waals surface area contributed by atoms with Crippen LogP contribution in [0.4, 0.5) is 10.2 Å². The first-order valence-corrected chi connectivity index (χ1v) is 7.08. The molecule has 6 heteroatoms. The van der Waals surface area contributed by atoms with Crippen molar-refractivity contribution >= 4 is 34.4 Å². The highest BCUT2D eigenvalue weighted by Gasteiger charge is 2.37.